The van der Waals surface area contributed by atoms with E-state index in [1.165, 1.54) is 0 Å². The summed E-state index contributed by atoms with van der Waals surface area (Å²) in [5, 5.41) is 5.85. The molecule has 0 aliphatic heterocycles. The molecule has 0 heterocycles. The molecule has 0 aliphatic rings. The molecule has 0 aliphatic carbocycles. The van der Waals surface area contributed by atoms with Crippen molar-refractivity contribution in [3.63, 3.8) is 0 Å². The van der Waals surface area contributed by atoms with Gasteiger partial charge in [-0.3, -0.25) is 9.59 Å². The first kappa shape index (κ1) is 21.1. The maximum atomic E-state index is 12.8. The zero-order valence-electron chi connectivity index (χ0n) is 17.4. The Kier molecular flexibility index (Phi) is 6.86. The molecule has 154 valence electrons. The predicted molar refractivity (Wildman–Crippen MR) is 119 cm³/mol. The van der Waals surface area contributed by atoms with E-state index < -0.39 is 0 Å². The van der Waals surface area contributed by atoms with Crippen LogP contribution in [0.1, 0.15) is 40.0 Å². The Morgan fingerprint density at radius 3 is 2.40 bits per heavy atom. The van der Waals surface area contributed by atoms with Crippen LogP contribution in [-0.4, -0.2) is 18.9 Å². The number of ether oxygens (including phenoxy) is 1. The van der Waals surface area contributed by atoms with Gasteiger partial charge in [-0.25, -0.2) is 0 Å². The molecule has 0 saturated heterocycles. The summed E-state index contributed by atoms with van der Waals surface area (Å²) in [5.74, 6) is 0.312. The van der Waals surface area contributed by atoms with Crippen molar-refractivity contribution in [2.24, 2.45) is 0 Å². The van der Waals surface area contributed by atoms with Gasteiger partial charge in [0.05, 0.1) is 30.8 Å². The normalized spacial score (nSPS) is 11.4. The third kappa shape index (κ3) is 5.26. The Morgan fingerprint density at radius 2 is 1.67 bits per heavy atom. The zero-order valence-corrected chi connectivity index (χ0v) is 17.4. The molecule has 0 fully saturated rings. The quantitative estimate of drug-likeness (QED) is 0.603. The van der Waals surface area contributed by atoms with Gasteiger partial charge in [0.1, 0.15) is 5.75 Å². The lowest BCUT2D eigenvalue weighted by atomic mass is 10.1. The summed E-state index contributed by atoms with van der Waals surface area (Å²) in [6, 6.07) is 22.3. The van der Waals surface area contributed by atoms with E-state index in [2.05, 4.69) is 10.6 Å². The molecule has 0 spiro atoms. The van der Waals surface area contributed by atoms with E-state index in [1.54, 1.807) is 31.4 Å². The summed E-state index contributed by atoms with van der Waals surface area (Å²) in [6.45, 7) is 3.88. The molecule has 3 aromatic rings. The molecule has 2 N–H and O–H groups in total. The smallest absolute Gasteiger partial charge is 0.253 e. The molecule has 0 radical (unpaired) electrons. The summed E-state index contributed by atoms with van der Waals surface area (Å²) < 4.78 is 5.32. The van der Waals surface area contributed by atoms with Crippen LogP contribution in [0, 0.1) is 6.92 Å². The highest BCUT2D eigenvalue weighted by Gasteiger charge is 2.16. The number of carbonyl (C=O) groups is 2. The molecule has 1 unspecified atom stereocenters. The number of amides is 2. The molecular formula is C25H26N2O3. The van der Waals surface area contributed by atoms with Gasteiger partial charge in [-0.05, 0) is 48.7 Å². The highest BCUT2D eigenvalue weighted by molar-refractivity contribution is 6.04. The standard InChI is InChI=1S/C25H26N2O3/c1-17-13-14-19(15-23(17)30-3)16-24(28)27-22-12-8-7-11-21(22)25(29)26-18(2)20-9-5-4-6-10-20/h4-15,18H,16H2,1-3H3,(H,26,29)(H,27,28). The number of hydrogen-bond acceptors (Lipinski definition) is 3. The highest BCUT2D eigenvalue weighted by atomic mass is 16.5. The summed E-state index contributed by atoms with van der Waals surface area (Å²) in [4.78, 5) is 25.4. The van der Waals surface area contributed by atoms with Crippen LogP contribution in [0.2, 0.25) is 0 Å². The minimum Gasteiger partial charge on any atom is -0.496 e. The molecule has 5 heteroatoms. The molecule has 1 atom stereocenters. The van der Waals surface area contributed by atoms with E-state index in [1.807, 2.05) is 62.4 Å². The Morgan fingerprint density at radius 1 is 0.967 bits per heavy atom. The number of para-hydroxylation sites is 1. The van der Waals surface area contributed by atoms with E-state index >= 15 is 0 Å². The zero-order chi connectivity index (χ0) is 21.5. The lowest BCUT2D eigenvalue weighted by Gasteiger charge is -2.16. The second-order valence-electron chi connectivity index (χ2n) is 7.18. The summed E-state index contributed by atoms with van der Waals surface area (Å²) in [5.41, 5.74) is 3.78. The van der Waals surface area contributed by atoms with Crippen LogP contribution in [0.5, 0.6) is 5.75 Å². The average molecular weight is 402 g/mol. The Balaban J connectivity index is 1.70. The van der Waals surface area contributed by atoms with E-state index in [9.17, 15) is 9.59 Å². The molecule has 0 bridgehead atoms. The number of rotatable bonds is 7. The van der Waals surface area contributed by atoms with Gasteiger partial charge in [0.25, 0.3) is 5.91 Å². The van der Waals surface area contributed by atoms with Gasteiger partial charge in [-0.15, -0.1) is 0 Å². The maximum absolute atomic E-state index is 12.8. The first-order valence-corrected chi connectivity index (χ1v) is 9.86. The molecule has 0 aromatic heterocycles. The molecule has 2 amide bonds. The van der Waals surface area contributed by atoms with Crippen molar-refractivity contribution in [1.29, 1.82) is 0 Å². The number of anilines is 1. The number of methoxy groups -OCH3 is 1. The van der Waals surface area contributed by atoms with Gasteiger partial charge >= 0.3 is 0 Å². The first-order chi connectivity index (χ1) is 14.5. The van der Waals surface area contributed by atoms with Crippen molar-refractivity contribution in [1.82, 2.24) is 5.32 Å². The van der Waals surface area contributed by atoms with Crippen molar-refractivity contribution in [2.75, 3.05) is 12.4 Å². The van der Waals surface area contributed by atoms with Gasteiger partial charge in [0.15, 0.2) is 0 Å². The number of benzene rings is 3. The number of aryl methyl sites for hydroxylation is 1. The lowest BCUT2D eigenvalue weighted by Crippen LogP contribution is -2.28. The predicted octanol–water partition coefficient (Wildman–Crippen LogP) is 4.68. The minimum absolute atomic E-state index is 0.150. The Labute approximate surface area is 177 Å². The molecule has 0 saturated carbocycles. The molecule has 30 heavy (non-hydrogen) atoms. The van der Waals surface area contributed by atoms with Gasteiger partial charge in [-0.2, -0.15) is 0 Å². The summed E-state index contributed by atoms with van der Waals surface area (Å²) in [6.07, 6.45) is 0.188. The fourth-order valence-electron chi connectivity index (χ4n) is 3.24. The SMILES string of the molecule is COc1cc(CC(=O)Nc2ccccc2C(=O)NC(C)c2ccccc2)ccc1C. The van der Waals surface area contributed by atoms with E-state index in [4.69, 9.17) is 4.74 Å². The largest absolute Gasteiger partial charge is 0.496 e. The number of hydrogen-bond donors (Lipinski definition) is 2. The summed E-state index contributed by atoms with van der Waals surface area (Å²) in [7, 11) is 1.61. The fraction of sp³-hybridized carbons (Fsp3) is 0.200. The van der Waals surface area contributed by atoms with Crippen LogP contribution in [-0.2, 0) is 11.2 Å². The third-order valence-corrected chi connectivity index (χ3v) is 4.93. The van der Waals surface area contributed by atoms with E-state index in [0.29, 0.717) is 11.3 Å². The second-order valence-corrected chi connectivity index (χ2v) is 7.18. The topological polar surface area (TPSA) is 67.4 Å². The van der Waals surface area contributed by atoms with Crippen molar-refractivity contribution in [2.45, 2.75) is 26.3 Å². The molecular weight excluding hydrogens is 376 g/mol. The van der Waals surface area contributed by atoms with Crippen LogP contribution in [0.25, 0.3) is 0 Å². The van der Waals surface area contributed by atoms with E-state index in [-0.39, 0.29) is 24.3 Å². The van der Waals surface area contributed by atoms with Crippen LogP contribution >= 0.6 is 0 Å². The Bertz CT molecular complexity index is 1030. The van der Waals surface area contributed by atoms with Gasteiger partial charge < -0.3 is 15.4 Å². The maximum Gasteiger partial charge on any atom is 0.253 e. The number of nitrogens with one attached hydrogen (secondary N) is 2. The minimum atomic E-state index is -0.237. The van der Waals surface area contributed by atoms with Gasteiger partial charge in [0, 0.05) is 0 Å². The van der Waals surface area contributed by atoms with Crippen LogP contribution in [0.15, 0.2) is 72.8 Å². The van der Waals surface area contributed by atoms with Crippen LogP contribution in [0.3, 0.4) is 0 Å². The lowest BCUT2D eigenvalue weighted by molar-refractivity contribution is -0.115. The fourth-order valence-corrected chi connectivity index (χ4v) is 3.24. The van der Waals surface area contributed by atoms with Crippen molar-refractivity contribution >= 4 is 17.5 Å². The first-order valence-electron chi connectivity index (χ1n) is 9.86. The van der Waals surface area contributed by atoms with Crippen LogP contribution in [0.4, 0.5) is 5.69 Å². The van der Waals surface area contributed by atoms with Crippen LogP contribution < -0.4 is 15.4 Å². The van der Waals surface area contributed by atoms with Gasteiger partial charge in [0.2, 0.25) is 5.91 Å². The third-order valence-electron chi connectivity index (χ3n) is 4.93. The molecule has 3 rings (SSSR count). The second kappa shape index (κ2) is 9.74. The molecule has 5 nitrogen and oxygen atoms in total. The molecule has 3 aromatic carbocycles. The van der Waals surface area contributed by atoms with Gasteiger partial charge in [-0.1, -0.05) is 54.6 Å². The van der Waals surface area contributed by atoms with Crippen molar-refractivity contribution < 1.29 is 14.3 Å². The van der Waals surface area contributed by atoms with E-state index in [0.717, 1.165) is 22.4 Å². The Hall–Kier alpha value is -3.60. The summed E-state index contributed by atoms with van der Waals surface area (Å²) >= 11 is 0. The number of carbonyl (C=O) groups excluding carboxylic acids is 2. The highest BCUT2D eigenvalue weighted by Crippen LogP contribution is 2.21. The monoisotopic (exact) mass is 402 g/mol. The average Bonchev–Trinajstić information content (AvgIpc) is 2.76. The van der Waals surface area contributed by atoms with Crippen molar-refractivity contribution in [3.05, 3.63) is 95.1 Å². The van der Waals surface area contributed by atoms with Crippen molar-refractivity contribution in [3.8, 4) is 5.75 Å².